The maximum absolute atomic E-state index is 10.4. The van der Waals surface area contributed by atoms with Gasteiger partial charge < -0.3 is 19.8 Å². The van der Waals surface area contributed by atoms with E-state index in [1.165, 1.54) is 5.69 Å². The molecule has 0 bridgehead atoms. The summed E-state index contributed by atoms with van der Waals surface area (Å²) in [5.74, 6) is 0.506. The van der Waals surface area contributed by atoms with E-state index < -0.39 is 0 Å². The van der Waals surface area contributed by atoms with Crippen LogP contribution >= 0.6 is 0 Å². The van der Waals surface area contributed by atoms with Gasteiger partial charge in [-0.25, -0.2) is 0 Å². The summed E-state index contributed by atoms with van der Waals surface area (Å²) < 4.78 is 7.27. The molecule has 136 valence electrons. The molecule has 2 saturated heterocycles. The van der Waals surface area contributed by atoms with Gasteiger partial charge in [0.05, 0.1) is 32.5 Å². The van der Waals surface area contributed by atoms with Crippen LogP contribution in [0.3, 0.4) is 0 Å². The van der Waals surface area contributed by atoms with Gasteiger partial charge in [-0.2, -0.15) is 5.10 Å². The maximum atomic E-state index is 10.4. The Morgan fingerprint density at radius 1 is 1.12 bits per heavy atom. The molecule has 3 rings (SSSR count). The van der Waals surface area contributed by atoms with E-state index in [2.05, 4.69) is 21.0 Å². The Balaban J connectivity index is 1.42. The molecule has 1 unspecified atom stereocenters. The summed E-state index contributed by atoms with van der Waals surface area (Å²) in [5.41, 5.74) is 1.23. The van der Waals surface area contributed by atoms with Crippen LogP contribution in [0.1, 0.15) is 24.5 Å². The van der Waals surface area contributed by atoms with Gasteiger partial charge in [0.2, 0.25) is 0 Å². The van der Waals surface area contributed by atoms with Crippen molar-refractivity contribution >= 4 is 0 Å². The fourth-order valence-corrected chi connectivity index (χ4v) is 3.82. The van der Waals surface area contributed by atoms with Crippen molar-refractivity contribution in [3.05, 3.63) is 18.0 Å². The summed E-state index contributed by atoms with van der Waals surface area (Å²) in [6.45, 7) is 7.61. The summed E-state index contributed by atoms with van der Waals surface area (Å²) in [6.07, 6.45) is 3.70. The van der Waals surface area contributed by atoms with Crippen molar-refractivity contribution in [2.75, 3.05) is 59.1 Å². The molecule has 7 nitrogen and oxygen atoms in total. The molecule has 0 radical (unpaired) electrons. The van der Waals surface area contributed by atoms with Crippen LogP contribution in [-0.4, -0.2) is 95.0 Å². The van der Waals surface area contributed by atoms with Crippen molar-refractivity contribution in [1.82, 2.24) is 19.6 Å². The minimum absolute atomic E-state index is 0.126. The Bertz CT molecular complexity index is 482. The van der Waals surface area contributed by atoms with Gasteiger partial charge in [0.15, 0.2) is 0 Å². The van der Waals surface area contributed by atoms with Gasteiger partial charge in [0.25, 0.3) is 0 Å². The summed E-state index contributed by atoms with van der Waals surface area (Å²) in [5, 5.41) is 23.8. The van der Waals surface area contributed by atoms with Crippen LogP contribution in [0.25, 0.3) is 0 Å². The predicted octanol–water partition coefficient (Wildman–Crippen LogP) is -0.252. The van der Waals surface area contributed by atoms with Crippen LogP contribution in [0.2, 0.25) is 0 Å². The molecule has 0 spiro atoms. The zero-order valence-electron chi connectivity index (χ0n) is 14.4. The maximum Gasteiger partial charge on any atom is 0.0793 e. The van der Waals surface area contributed by atoms with Crippen LogP contribution < -0.4 is 0 Å². The molecule has 0 saturated carbocycles. The second-order valence-electron chi connectivity index (χ2n) is 6.84. The number of hydrogen-bond acceptors (Lipinski definition) is 6. The third kappa shape index (κ3) is 4.77. The lowest BCUT2D eigenvalue weighted by Gasteiger charge is -2.35. The van der Waals surface area contributed by atoms with Crippen LogP contribution in [-0.2, 0) is 11.3 Å². The van der Waals surface area contributed by atoms with Gasteiger partial charge in [-0.05, 0) is 32.0 Å². The molecule has 24 heavy (non-hydrogen) atoms. The number of β-amino-alcohol motifs (C(OH)–C–C–N with tert-alkyl or cyclic N) is 1. The van der Waals surface area contributed by atoms with E-state index in [-0.39, 0.29) is 12.7 Å². The highest BCUT2D eigenvalue weighted by Gasteiger charge is 2.25. The fourth-order valence-electron chi connectivity index (χ4n) is 3.82. The lowest BCUT2D eigenvalue weighted by atomic mass is 9.93. The first-order valence-corrected chi connectivity index (χ1v) is 9.09. The molecule has 0 amide bonds. The topological polar surface area (TPSA) is 74.0 Å². The van der Waals surface area contributed by atoms with E-state index in [4.69, 9.17) is 9.84 Å². The van der Waals surface area contributed by atoms with Gasteiger partial charge in [-0.15, -0.1) is 0 Å². The number of rotatable bonds is 7. The van der Waals surface area contributed by atoms with Gasteiger partial charge in [-0.1, -0.05) is 0 Å². The Morgan fingerprint density at radius 2 is 1.79 bits per heavy atom. The number of morpholine rings is 1. The summed E-state index contributed by atoms with van der Waals surface area (Å²) in [6, 6.07) is 2.07. The third-order valence-corrected chi connectivity index (χ3v) is 5.11. The van der Waals surface area contributed by atoms with Crippen LogP contribution in [0.15, 0.2) is 12.3 Å². The van der Waals surface area contributed by atoms with Gasteiger partial charge in [-0.3, -0.25) is 9.58 Å². The number of hydrogen-bond donors (Lipinski definition) is 2. The summed E-state index contributed by atoms with van der Waals surface area (Å²) in [7, 11) is 0. The van der Waals surface area contributed by atoms with Crippen molar-refractivity contribution in [3.8, 4) is 0 Å². The van der Waals surface area contributed by atoms with Crippen molar-refractivity contribution in [3.63, 3.8) is 0 Å². The lowest BCUT2D eigenvalue weighted by molar-refractivity contribution is 0.00502. The normalized spacial score (nSPS) is 22.8. The Labute approximate surface area is 143 Å². The number of ether oxygens (including phenoxy) is 1. The SMILES string of the molecule is OCCn1nccc1C1CCN(CC(O)CN2CCOCC2)CC1. The molecule has 3 heterocycles. The van der Waals surface area contributed by atoms with Crippen LogP contribution in [0, 0.1) is 0 Å². The van der Waals surface area contributed by atoms with Crippen molar-refractivity contribution < 1.29 is 14.9 Å². The first kappa shape index (κ1) is 17.8. The smallest absolute Gasteiger partial charge is 0.0793 e. The Morgan fingerprint density at radius 3 is 2.46 bits per heavy atom. The van der Waals surface area contributed by atoms with E-state index in [0.29, 0.717) is 12.5 Å². The summed E-state index contributed by atoms with van der Waals surface area (Å²) >= 11 is 0. The first-order valence-electron chi connectivity index (χ1n) is 9.09. The predicted molar refractivity (Wildman–Crippen MR) is 91.0 cm³/mol. The zero-order valence-corrected chi connectivity index (χ0v) is 14.4. The molecule has 1 aromatic heterocycles. The standard InChI is InChI=1S/C17H30N4O3/c22-10-7-21-17(1-4-18-21)15-2-5-19(6-3-15)13-16(23)14-20-8-11-24-12-9-20/h1,4,15-16,22-23H,2-3,5-14H2. The van der Waals surface area contributed by atoms with Gasteiger partial charge in [0, 0.05) is 44.0 Å². The number of aliphatic hydroxyl groups excluding tert-OH is 2. The first-order chi connectivity index (χ1) is 11.8. The minimum atomic E-state index is -0.292. The van der Waals surface area contributed by atoms with Crippen molar-refractivity contribution in [2.45, 2.75) is 31.4 Å². The molecular formula is C17H30N4O3. The molecule has 2 aliphatic heterocycles. The van der Waals surface area contributed by atoms with E-state index in [9.17, 15) is 5.11 Å². The molecule has 0 aliphatic carbocycles. The van der Waals surface area contributed by atoms with Crippen molar-refractivity contribution in [1.29, 1.82) is 0 Å². The average Bonchev–Trinajstić information content (AvgIpc) is 3.05. The quantitative estimate of drug-likeness (QED) is 0.714. The number of nitrogens with zero attached hydrogens (tertiary/aromatic N) is 4. The zero-order chi connectivity index (χ0) is 16.8. The largest absolute Gasteiger partial charge is 0.394 e. The highest BCUT2D eigenvalue weighted by molar-refractivity contribution is 5.09. The monoisotopic (exact) mass is 338 g/mol. The van der Waals surface area contributed by atoms with Crippen LogP contribution in [0.4, 0.5) is 0 Å². The number of piperidine rings is 1. The molecular weight excluding hydrogens is 308 g/mol. The van der Waals surface area contributed by atoms with E-state index in [1.54, 1.807) is 0 Å². The molecule has 2 N–H and O–H groups in total. The molecule has 0 aromatic carbocycles. The van der Waals surface area contributed by atoms with Crippen LogP contribution in [0.5, 0.6) is 0 Å². The second-order valence-corrected chi connectivity index (χ2v) is 6.84. The summed E-state index contributed by atoms with van der Waals surface area (Å²) in [4.78, 5) is 4.66. The Hall–Kier alpha value is -0.990. The molecule has 1 aromatic rings. The molecule has 1 atom stereocenters. The van der Waals surface area contributed by atoms with E-state index >= 15 is 0 Å². The van der Waals surface area contributed by atoms with E-state index in [1.807, 2.05) is 10.9 Å². The van der Waals surface area contributed by atoms with Gasteiger partial charge in [0.1, 0.15) is 0 Å². The second kappa shape index (κ2) is 8.92. The van der Waals surface area contributed by atoms with Crippen molar-refractivity contribution in [2.24, 2.45) is 0 Å². The number of aliphatic hydroxyl groups is 2. The molecule has 2 aliphatic rings. The highest BCUT2D eigenvalue weighted by atomic mass is 16.5. The molecule has 7 heteroatoms. The van der Waals surface area contributed by atoms with E-state index in [0.717, 1.165) is 65.3 Å². The lowest BCUT2D eigenvalue weighted by Crippen LogP contribution is -2.46. The number of likely N-dealkylation sites (tertiary alicyclic amines) is 1. The Kier molecular flexibility index (Phi) is 6.62. The third-order valence-electron chi connectivity index (χ3n) is 5.11. The fraction of sp³-hybridized carbons (Fsp3) is 0.824. The van der Waals surface area contributed by atoms with Gasteiger partial charge >= 0.3 is 0 Å². The highest BCUT2D eigenvalue weighted by Crippen LogP contribution is 2.27. The minimum Gasteiger partial charge on any atom is -0.394 e. The number of aromatic nitrogens is 2. The molecule has 2 fully saturated rings. The average molecular weight is 338 g/mol.